The lowest BCUT2D eigenvalue weighted by Gasteiger charge is -1.99. The summed E-state index contributed by atoms with van der Waals surface area (Å²) in [6.07, 6.45) is 3.60. The molecule has 90 valence electrons. The largest absolute Gasteiger partial charge is 0.301 e. The molecular formula is C10H13N5OS. The molecule has 0 aromatic carbocycles. The van der Waals surface area contributed by atoms with Gasteiger partial charge in [0.1, 0.15) is 6.33 Å². The number of aryl methyl sites for hydroxylation is 1. The van der Waals surface area contributed by atoms with Gasteiger partial charge in [0.05, 0.1) is 0 Å². The monoisotopic (exact) mass is 251 g/mol. The highest BCUT2D eigenvalue weighted by molar-refractivity contribution is 7.99. The Kier molecular flexibility index (Phi) is 3.58. The summed E-state index contributed by atoms with van der Waals surface area (Å²) in [4.78, 5) is 22.7. The maximum atomic E-state index is 11.8. The van der Waals surface area contributed by atoms with E-state index in [0.29, 0.717) is 23.0 Å². The lowest BCUT2D eigenvalue weighted by Crippen LogP contribution is -2.15. The summed E-state index contributed by atoms with van der Waals surface area (Å²) in [5, 5.41) is 4.77. The first kappa shape index (κ1) is 11.8. The third-order valence-corrected chi connectivity index (χ3v) is 2.90. The molecular weight excluding hydrogens is 238 g/mol. The number of H-pyrrole nitrogens is 1. The van der Waals surface area contributed by atoms with Crippen LogP contribution in [0.2, 0.25) is 0 Å². The van der Waals surface area contributed by atoms with E-state index in [1.807, 2.05) is 6.92 Å². The molecule has 0 radical (unpaired) electrons. The molecule has 0 spiro atoms. The van der Waals surface area contributed by atoms with Crippen molar-refractivity contribution in [3.05, 3.63) is 34.3 Å². The summed E-state index contributed by atoms with van der Waals surface area (Å²) in [7, 11) is 1.79. The zero-order valence-electron chi connectivity index (χ0n) is 9.67. The van der Waals surface area contributed by atoms with Gasteiger partial charge >= 0.3 is 0 Å². The molecule has 17 heavy (non-hydrogen) atoms. The zero-order valence-corrected chi connectivity index (χ0v) is 10.5. The Morgan fingerprint density at radius 1 is 1.47 bits per heavy atom. The average molecular weight is 251 g/mol. The standard InChI is InChI=1S/C10H13N5OS/c1-3-17-10-11-5-7(9(16)13-10)4-8-12-6-15(2)14-8/h5-6H,3-4H2,1-2H3,(H,11,13,16). The molecule has 0 bridgehead atoms. The first-order valence-electron chi connectivity index (χ1n) is 5.24. The van der Waals surface area contributed by atoms with Gasteiger partial charge in [0, 0.05) is 25.2 Å². The summed E-state index contributed by atoms with van der Waals surface area (Å²) >= 11 is 1.51. The van der Waals surface area contributed by atoms with Crippen molar-refractivity contribution in [2.75, 3.05) is 5.75 Å². The van der Waals surface area contributed by atoms with Crippen LogP contribution in [0, 0.1) is 0 Å². The number of rotatable bonds is 4. The molecule has 0 aliphatic heterocycles. The Bertz CT molecular complexity index is 562. The normalized spacial score (nSPS) is 10.7. The molecule has 2 rings (SSSR count). The minimum atomic E-state index is -0.122. The van der Waals surface area contributed by atoms with E-state index in [0.717, 1.165) is 5.75 Å². The molecule has 2 aromatic heterocycles. The van der Waals surface area contributed by atoms with Crippen molar-refractivity contribution in [1.82, 2.24) is 24.7 Å². The molecule has 0 amide bonds. The number of aromatic amines is 1. The number of aromatic nitrogens is 5. The molecule has 0 saturated carbocycles. The van der Waals surface area contributed by atoms with E-state index < -0.39 is 0 Å². The first-order valence-corrected chi connectivity index (χ1v) is 6.23. The third-order valence-electron chi connectivity index (χ3n) is 2.13. The molecule has 6 nitrogen and oxygen atoms in total. The molecule has 0 aliphatic carbocycles. The second-order valence-corrected chi connectivity index (χ2v) is 4.74. The summed E-state index contributed by atoms with van der Waals surface area (Å²) in [5.74, 6) is 1.50. The summed E-state index contributed by atoms with van der Waals surface area (Å²) in [5.41, 5.74) is 0.458. The van der Waals surface area contributed by atoms with Crippen molar-refractivity contribution < 1.29 is 0 Å². The molecule has 0 fully saturated rings. The molecule has 0 unspecified atom stereocenters. The lowest BCUT2D eigenvalue weighted by molar-refractivity contribution is 0.746. The molecule has 1 N–H and O–H groups in total. The Labute approximate surface area is 102 Å². The summed E-state index contributed by atoms with van der Waals surface area (Å²) < 4.78 is 1.61. The maximum absolute atomic E-state index is 11.8. The topological polar surface area (TPSA) is 76.5 Å². The Balaban J connectivity index is 2.19. The van der Waals surface area contributed by atoms with E-state index in [1.54, 1.807) is 24.3 Å². The van der Waals surface area contributed by atoms with E-state index in [9.17, 15) is 4.79 Å². The van der Waals surface area contributed by atoms with Gasteiger partial charge in [0.25, 0.3) is 5.56 Å². The van der Waals surface area contributed by atoms with Crippen molar-refractivity contribution in [1.29, 1.82) is 0 Å². The summed E-state index contributed by atoms with van der Waals surface area (Å²) in [6, 6.07) is 0. The van der Waals surface area contributed by atoms with Gasteiger partial charge in [-0.25, -0.2) is 9.97 Å². The number of hydrogen-bond acceptors (Lipinski definition) is 5. The van der Waals surface area contributed by atoms with Gasteiger partial charge in [-0.15, -0.1) is 0 Å². The van der Waals surface area contributed by atoms with Crippen molar-refractivity contribution in [2.45, 2.75) is 18.5 Å². The van der Waals surface area contributed by atoms with Gasteiger partial charge in [-0.1, -0.05) is 18.7 Å². The second-order valence-electron chi connectivity index (χ2n) is 3.49. The van der Waals surface area contributed by atoms with Crippen LogP contribution in [0.4, 0.5) is 0 Å². The number of nitrogens with zero attached hydrogens (tertiary/aromatic N) is 4. The minimum absolute atomic E-state index is 0.122. The predicted molar refractivity (Wildman–Crippen MR) is 65.1 cm³/mol. The van der Waals surface area contributed by atoms with Crippen molar-refractivity contribution >= 4 is 11.8 Å². The van der Waals surface area contributed by atoms with Gasteiger partial charge in [-0.3, -0.25) is 9.48 Å². The van der Waals surface area contributed by atoms with E-state index in [2.05, 4.69) is 20.1 Å². The molecule has 0 atom stereocenters. The number of hydrogen-bond donors (Lipinski definition) is 1. The van der Waals surface area contributed by atoms with Gasteiger partial charge < -0.3 is 4.98 Å². The van der Waals surface area contributed by atoms with Gasteiger partial charge in [-0.2, -0.15) is 5.10 Å². The van der Waals surface area contributed by atoms with E-state index in [-0.39, 0.29) is 5.56 Å². The minimum Gasteiger partial charge on any atom is -0.301 e. The van der Waals surface area contributed by atoms with E-state index in [4.69, 9.17) is 0 Å². The van der Waals surface area contributed by atoms with Gasteiger partial charge in [-0.05, 0) is 5.75 Å². The smallest absolute Gasteiger partial charge is 0.255 e. The van der Waals surface area contributed by atoms with E-state index in [1.165, 1.54) is 11.8 Å². The van der Waals surface area contributed by atoms with E-state index >= 15 is 0 Å². The molecule has 0 aliphatic rings. The van der Waals surface area contributed by atoms with Gasteiger partial charge in [0.2, 0.25) is 0 Å². The highest BCUT2D eigenvalue weighted by atomic mass is 32.2. The fraction of sp³-hybridized carbons (Fsp3) is 0.400. The SMILES string of the molecule is CCSc1ncc(Cc2ncn(C)n2)c(=O)[nH]1. The van der Waals surface area contributed by atoms with Crippen LogP contribution in [0.25, 0.3) is 0 Å². The Hall–Kier alpha value is -1.63. The van der Waals surface area contributed by atoms with Crippen molar-refractivity contribution in [2.24, 2.45) is 7.05 Å². The van der Waals surface area contributed by atoms with Crippen molar-refractivity contribution in [3.63, 3.8) is 0 Å². The van der Waals surface area contributed by atoms with Gasteiger partial charge in [0.15, 0.2) is 11.0 Å². The lowest BCUT2D eigenvalue weighted by atomic mass is 10.2. The first-order chi connectivity index (χ1) is 8.19. The van der Waals surface area contributed by atoms with Crippen LogP contribution in [0.15, 0.2) is 22.5 Å². The fourth-order valence-corrected chi connectivity index (χ4v) is 1.94. The third kappa shape index (κ3) is 2.94. The van der Waals surface area contributed by atoms with Crippen LogP contribution in [-0.2, 0) is 13.5 Å². The highest BCUT2D eigenvalue weighted by Gasteiger charge is 2.06. The quantitative estimate of drug-likeness (QED) is 0.636. The molecule has 2 heterocycles. The van der Waals surface area contributed by atoms with Crippen LogP contribution in [0.1, 0.15) is 18.3 Å². The average Bonchev–Trinajstić information content (AvgIpc) is 2.69. The molecule has 0 saturated heterocycles. The van der Waals surface area contributed by atoms with Crippen LogP contribution in [0.5, 0.6) is 0 Å². The zero-order chi connectivity index (χ0) is 12.3. The molecule has 2 aromatic rings. The number of thioether (sulfide) groups is 1. The second kappa shape index (κ2) is 5.13. The Morgan fingerprint density at radius 2 is 2.29 bits per heavy atom. The highest BCUT2D eigenvalue weighted by Crippen LogP contribution is 2.09. The fourth-order valence-electron chi connectivity index (χ4n) is 1.38. The Morgan fingerprint density at radius 3 is 2.88 bits per heavy atom. The predicted octanol–water partition coefficient (Wildman–Crippen LogP) is 0.601. The number of nitrogens with one attached hydrogen (secondary N) is 1. The molecule has 7 heteroatoms. The maximum Gasteiger partial charge on any atom is 0.255 e. The summed E-state index contributed by atoms with van der Waals surface area (Å²) in [6.45, 7) is 2.01. The van der Waals surface area contributed by atoms with Crippen LogP contribution >= 0.6 is 11.8 Å². The van der Waals surface area contributed by atoms with Crippen molar-refractivity contribution in [3.8, 4) is 0 Å². The van der Waals surface area contributed by atoms with Crippen LogP contribution < -0.4 is 5.56 Å². The van der Waals surface area contributed by atoms with Crippen LogP contribution in [-0.4, -0.2) is 30.5 Å². The van der Waals surface area contributed by atoms with Crippen LogP contribution in [0.3, 0.4) is 0 Å².